The summed E-state index contributed by atoms with van der Waals surface area (Å²) in [5, 5.41) is 1.87. The van der Waals surface area contributed by atoms with Crippen molar-refractivity contribution in [1.82, 2.24) is 14.1 Å². The summed E-state index contributed by atoms with van der Waals surface area (Å²) in [5.74, 6) is 0.904. The van der Waals surface area contributed by atoms with Crippen LogP contribution in [0.15, 0.2) is 75.0 Å². The van der Waals surface area contributed by atoms with E-state index in [0.717, 1.165) is 28.5 Å². The van der Waals surface area contributed by atoms with Gasteiger partial charge in [-0.05, 0) is 36.3 Å². The first-order valence-electron chi connectivity index (χ1n) is 10.9. The number of aromatic nitrogens is 3. The Bertz CT molecular complexity index is 1550. The van der Waals surface area contributed by atoms with E-state index in [4.69, 9.17) is 4.42 Å². The van der Waals surface area contributed by atoms with Gasteiger partial charge in [-0.1, -0.05) is 49.2 Å². The van der Waals surface area contributed by atoms with E-state index in [1.165, 1.54) is 35.0 Å². The molecule has 0 amide bonds. The lowest BCUT2D eigenvalue weighted by molar-refractivity contribution is 0.449. The summed E-state index contributed by atoms with van der Waals surface area (Å²) < 4.78 is 9.15. The van der Waals surface area contributed by atoms with Crippen LogP contribution < -0.4 is 11.2 Å². The smallest absolute Gasteiger partial charge is 0.336 e. The van der Waals surface area contributed by atoms with Crippen molar-refractivity contribution in [3.8, 4) is 16.5 Å². The normalized spacial score (nSPS) is 14.6. The van der Waals surface area contributed by atoms with E-state index in [0.29, 0.717) is 34.3 Å². The van der Waals surface area contributed by atoms with Gasteiger partial charge in [-0.15, -0.1) is 11.3 Å². The molecular weight excluding hydrogens is 422 g/mol. The number of hydrogen-bond donors (Lipinski definition) is 0. The molecule has 6 rings (SSSR count). The molecule has 1 aliphatic carbocycles. The van der Waals surface area contributed by atoms with E-state index in [2.05, 4.69) is 4.98 Å². The zero-order valence-corrected chi connectivity index (χ0v) is 18.2. The number of hydrogen-bond acceptors (Lipinski definition) is 5. The molecule has 0 bridgehead atoms. The molecule has 6 nitrogen and oxygen atoms in total. The Kier molecular flexibility index (Phi) is 4.57. The Balaban J connectivity index is 1.66. The summed E-state index contributed by atoms with van der Waals surface area (Å²) in [6.45, 7) is 0.613. The summed E-state index contributed by atoms with van der Waals surface area (Å²) in [6, 6.07) is 15.4. The fraction of sp³-hybridized carbons (Fsp3) is 0.240. The largest absolute Gasteiger partial charge is 0.444 e. The van der Waals surface area contributed by atoms with Crippen LogP contribution in [0.1, 0.15) is 25.7 Å². The Hall–Kier alpha value is -3.45. The highest BCUT2D eigenvalue weighted by atomic mass is 32.1. The third-order valence-corrected chi connectivity index (χ3v) is 7.49. The van der Waals surface area contributed by atoms with Crippen LogP contribution in [0.3, 0.4) is 0 Å². The maximum absolute atomic E-state index is 13.8. The molecule has 7 heteroatoms. The third kappa shape index (κ3) is 3.04. The summed E-state index contributed by atoms with van der Waals surface area (Å²) in [7, 11) is 0. The highest BCUT2D eigenvalue weighted by molar-refractivity contribution is 7.22. The van der Waals surface area contributed by atoms with E-state index in [1.807, 2.05) is 48.5 Å². The lowest BCUT2D eigenvalue weighted by atomic mass is 10.1. The number of rotatable bonds is 4. The molecule has 0 unspecified atom stereocenters. The molecule has 1 saturated carbocycles. The van der Waals surface area contributed by atoms with E-state index >= 15 is 0 Å². The van der Waals surface area contributed by atoms with Gasteiger partial charge in [0.1, 0.15) is 11.0 Å². The maximum atomic E-state index is 13.8. The van der Waals surface area contributed by atoms with Crippen LogP contribution >= 0.6 is 11.3 Å². The topological polar surface area (TPSA) is 70.0 Å². The van der Waals surface area contributed by atoms with Gasteiger partial charge in [0, 0.05) is 11.9 Å². The van der Waals surface area contributed by atoms with Crippen LogP contribution in [0.5, 0.6) is 0 Å². The second kappa shape index (κ2) is 7.60. The molecule has 1 fully saturated rings. The second-order valence-electron chi connectivity index (χ2n) is 8.34. The fourth-order valence-electron chi connectivity index (χ4n) is 4.84. The van der Waals surface area contributed by atoms with Crippen molar-refractivity contribution >= 4 is 32.3 Å². The molecule has 1 aliphatic rings. The van der Waals surface area contributed by atoms with Crippen molar-refractivity contribution in [2.45, 2.75) is 32.2 Å². The van der Waals surface area contributed by atoms with E-state index in [-0.39, 0.29) is 11.2 Å². The number of fused-ring (bicyclic) bond motifs is 2. The molecule has 2 aromatic carbocycles. The zero-order valence-electron chi connectivity index (χ0n) is 17.4. The Morgan fingerprint density at radius 1 is 1.06 bits per heavy atom. The molecule has 32 heavy (non-hydrogen) atoms. The van der Waals surface area contributed by atoms with Crippen LogP contribution in [-0.2, 0) is 6.54 Å². The van der Waals surface area contributed by atoms with Gasteiger partial charge in [0.25, 0.3) is 5.56 Å². The first-order valence-corrected chi connectivity index (χ1v) is 11.7. The SMILES string of the molecule is O=c1c2sc(-c3ncco3)cc2n(CC2CCCC2)c(=O)n1-c1cccc2ccccc12. The summed E-state index contributed by atoms with van der Waals surface area (Å²) in [6.07, 6.45) is 7.70. The Labute approximate surface area is 187 Å². The Morgan fingerprint density at radius 2 is 1.88 bits per heavy atom. The van der Waals surface area contributed by atoms with E-state index < -0.39 is 0 Å². The maximum Gasteiger partial charge on any atom is 0.336 e. The molecule has 0 N–H and O–H groups in total. The lowest BCUT2D eigenvalue weighted by Gasteiger charge is -2.16. The number of oxazole rings is 1. The molecule has 0 radical (unpaired) electrons. The highest BCUT2D eigenvalue weighted by Crippen LogP contribution is 2.32. The predicted molar refractivity (Wildman–Crippen MR) is 127 cm³/mol. The van der Waals surface area contributed by atoms with Crippen LogP contribution in [0.25, 0.3) is 37.4 Å². The van der Waals surface area contributed by atoms with Gasteiger partial charge in [-0.3, -0.25) is 9.36 Å². The summed E-state index contributed by atoms with van der Waals surface area (Å²) >= 11 is 1.33. The van der Waals surface area contributed by atoms with Crippen molar-refractivity contribution < 1.29 is 4.42 Å². The monoisotopic (exact) mass is 443 g/mol. The van der Waals surface area contributed by atoms with Gasteiger partial charge >= 0.3 is 5.69 Å². The summed E-state index contributed by atoms with van der Waals surface area (Å²) in [5.41, 5.74) is 0.696. The predicted octanol–water partition coefficient (Wildman–Crippen LogP) is 5.21. The molecule has 0 spiro atoms. The van der Waals surface area contributed by atoms with Gasteiger partial charge in [-0.25, -0.2) is 14.3 Å². The fourth-order valence-corrected chi connectivity index (χ4v) is 5.87. The molecular formula is C25H21N3O3S. The van der Waals surface area contributed by atoms with Crippen LogP contribution in [0.4, 0.5) is 0 Å². The zero-order chi connectivity index (χ0) is 21.7. The van der Waals surface area contributed by atoms with Crippen molar-refractivity contribution in [2.75, 3.05) is 0 Å². The van der Waals surface area contributed by atoms with E-state index in [1.54, 1.807) is 10.8 Å². The van der Waals surface area contributed by atoms with Gasteiger partial charge in [0.15, 0.2) is 0 Å². The molecule has 3 aromatic heterocycles. The molecule has 5 aromatic rings. The second-order valence-corrected chi connectivity index (χ2v) is 9.40. The first-order chi connectivity index (χ1) is 15.7. The quantitative estimate of drug-likeness (QED) is 0.382. The lowest BCUT2D eigenvalue weighted by Crippen LogP contribution is -2.39. The van der Waals surface area contributed by atoms with Gasteiger partial charge in [0.2, 0.25) is 5.89 Å². The molecule has 0 atom stereocenters. The molecule has 3 heterocycles. The Morgan fingerprint density at radius 3 is 2.69 bits per heavy atom. The van der Waals surface area contributed by atoms with Gasteiger partial charge < -0.3 is 4.42 Å². The van der Waals surface area contributed by atoms with Crippen molar-refractivity contribution in [2.24, 2.45) is 5.92 Å². The van der Waals surface area contributed by atoms with Crippen molar-refractivity contribution in [1.29, 1.82) is 0 Å². The minimum absolute atomic E-state index is 0.289. The van der Waals surface area contributed by atoms with Crippen LogP contribution in [0.2, 0.25) is 0 Å². The standard InChI is InChI=1S/C25H21N3O3S/c29-24-22-20(14-21(32-22)23-26-12-13-31-23)27(15-16-6-1-2-7-16)25(30)28(24)19-11-5-9-17-8-3-4-10-18(17)19/h3-5,8-14,16H,1-2,6-7,15H2. The minimum Gasteiger partial charge on any atom is -0.444 e. The molecule has 0 aliphatic heterocycles. The summed E-state index contributed by atoms with van der Waals surface area (Å²) in [4.78, 5) is 32.5. The third-order valence-electron chi connectivity index (χ3n) is 6.39. The number of nitrogens with zero attached hydrogens (tertiary/aromatic N) is 3. The van der Waals surface area contributed by atoms with Crippen LogP contribution in [0, 0.1) is 5.92 Å². The van der Waals surface area contributed by atoms with Crippen molar-refractivity contribution in [3.63, 3.8) is 0 Å². The van der Waals surface area contributed by atoms with Gasteiger partial charge in [0.05, 0.1) is 22.3 Å². The first kappa shape index (κ1) is 19.3. The minimum atomic E-state index is -0.299. The molecule has 0 saturated heterocycles. The van der Waals surface area contributed by atoms with Gasteiger partial charge in [-0.2, -0.15) is 0 Å². The van der Waals surface area contributed by atoms with Crippen LogP contribution in [-0.4, -0.2) is 14.1 Å². The average molecular weight is 444 g/mol. The number of thiophene rings is 1. The molecule has 160 valence electrons. The highest BCUT2D eigenvalue weighted by Gasteiger charge is 2.23. The van der Waals surface area contributed by atoms with Crippen molar-refractivity contribution in [3.05, 3.63) is 81.8 Å². The average Bonchev–Trinajstić information content (AvgIpc) is 3.58. The number of benzene rings is 2. The van der Waals surface area contributed by atoms with E-state index in [9.17, 15) is 9.59 Å².